The third kappa shape index (κ3) is 2.34. The molecule has 0 saturated heterocycles. The van der Waals surface area contributed by atoms with Crippen molar-refractivity contribution in [1.29, 1.82) is 0 Å². The molecule has 1 atom stereocenters. The molecule has 0 heterocycles. The number of halogens is 1. The van der Waals surface area contributed by atoms with E-state index < -0.39 is 0 Å². The second kappa shape index (κ2) is 4.59. The molecule has 0 N–H and O–H groups in total. The van der Waals surface area contributed by atoms with Crippen molar-refractivity contribution in [2.24, 2.45) is 0 Å². The number of hydrogen-bond donors (Lipinski definition) is 0. The predicted molar refractivity (Wildman–Crippen MR) is 59.2 cm³/mol. The molecule has 0 aliphatic rings. The molecule has 0 fully saturated rings. The molecule has 1 unspecified atom stereocenters. The molecule has 0 amide bonds. The highest BCUT2D eigenvalue weighted by Crippen LogP contribution is 2.25. The van der Waals surface area contributed by atoms with Crippen molar-refractivity contribution in [3.05, 3.63) is 35.1 Å². The number of rotatable bonds is 3. The van der Waals surface area contributed by atoms with E-state index in [1.807, 2.05) is 12.1 Å². The van der Waals surface area contributed by atoms with Crippen LogP contribution in [-0.4, -0.2) is 0 Å². The van der Waals surface area contributed by atoms with E-state index in [4.69, 9.17) is 0 Å². The van der Waals surface area contributed by atoms with E-state index in [0.29, 0.717) is 11.8 Å². The van der Waals surface area contributed by atoms with Crippen LogP contribution in [0.2, 0.25) is 0 Å². The van der Waals surface area contributed by atoms with Gasteiger partial charge in [0, 0.05) is 0 Å². The van der Waals surface area contributed by atoms with Crippen molar-refractivity contribution in [2.45, 2.75) is 46.0 Å². The first kappa shape index (κ1) is 11.2. The van der Waals surface area contributed by atoms with Gasteiger partial charge >= 0.3 is 0 Å². The highest BCUT2D eigenvalue weighted by molar-refractivity contribution is 5.28. The fourth-order valence-electron chi connectivity index (χ4n) is 1.52. The Balaban J connectivity index is 3.01. The van der Waals surface area contributed by atoms with E-state index in [9.17, 15) is 4.39 Å². The van der Waals surface area contributed by atoms with Gasteiger partial charge in [0.25, 0.3) is 0 Å². The molecular formula is C13H19F. The second-order valence-corrected chi connectivity index (χ2v) is 4.24. The average Bonchev–Trinajstić information content (AvgIpc) is 2.16. The summed E-state index contributed by atoms with van der Waals surface area (Å²) in [5, 5.41) is 0. The minimum atomic E-state index is -0.0504. The lowest BCUT2D eigenvalue weighted by molar-refractivity contribution is 0.580. The Labute approximate surface area is 86.2 Å². The molecule has 1 heteroatoms. The van der Waals surface area contributed by atoms with Gasteiger partial charge in [0.2, 0.25) is 0 Å². The van der Waals surface area contributed by atoms with Gasteiger partial charge < -0.3 is 0 Å². The van der Waals surface area contributed by atoms with Gasteiger partial charge in [-0.05, 0) is 35.4 Å². The van der Waals surface area contributed by atoms with Crippen LogP contribution in [0.4, 0.5) is 4.39 Å². The quantitative estimate of drug-likeness (QED) is 0.666. The summed E-state index contributed by atoms with van der Waals surface area (Å²) in [6.07, 6.45) is 0.984. The first-order valence-electron chi connectivity index (χ1n) is 5.35. The molecule has 0 saturated carbocycles. The predicted octanol–water partition coefficient (Wildman–Crippen LogP) is 4.46. The van der Waals surface area contributed by atoms with Crippen molar-refractivity contribution < 1.29 is 4.39 Å². The molecular weight excluding hydrogens is 175 g/mol. The highest BCUT2D eigenvalue weighted by atomic mass is 19.1. The lowest BCUT2D eigenvalue weighted by atomic mass is 9.94. The summed E-state index contributed by atoms with van der Waals surface area (Å²) in [4.78, 5) is 0. The normalized spacial score (nSPS) is 13.3. The maximum Gasteiger partial charge on any atom is 0.126 e. The summed E-state index contributed by atoms with van der Waals surface area (Å²) in [6, 6.07) is 5.64. The Morgan fingerprint density at radius 1 is 1.21 bits per heavy atom. The average molecular weight is 194 g/mol. The Bertz CT molecular complexity index is 302. The summed E-state index contributed by atoms with van der Waals surface area (Å²) >= 11 is 0. The monoisotopic (exact) mass is 194 g/mol. The van der Waals surface area contributed by atoms with Gasteiger partial charge in [-0.3, -0.25) is 0 Å². The molecule has 0 nitrogen and oxygen atoms in total. The first-order valence-corrected chi connectivity index (χ1v) is 5.35. The maximum atomic E-state index is 13.6. The van der Waals surface area contributed by atoms with Crippen molar-refractivity contribution in [2.75, 3.05) is 0 Å². The minimum absolute atomic E-state index is 0.0504. The van der Waals surface area contributed by atoms with Crippen molar-refractivity contribution in [3.8, 4) is 0 Å². The van der Waals surface area contributed by atoms with Crippen LogP contribution in [0.1, 0.15) is 57.1 Å². The van der Waals surface area contributed by atoms with Gasteiger partial charge in [-0.1, -0.05) is 39.8 Å². The second-order valence-electron chi connectivity index (χ2n) is 4.24. The summed E-state index contributed by atoms with van der Waals surface area (Å²) in [5.41, 5.74) is 1.92. The van der Waals surface area contributed by atoms with Crippen LogP contribution in [0, 0.1) is 5.82 Å². The molecule has 0 bridgehead atoms. The topological polar surface area (TPSA) is 0 Å². The molecule has 0 spiro atoms. The molecule has 0 aliphatic heterocycles. The lowest BCUT2D eigenvalue weighted by Gasteiger charge is -2.12. The lowest BCUT2D eigenvalue weighted by Crippen LogP contribution is -1.98. The number of hydrogen-bond acceptors (Lipinski definition) is 0. The molecule has 14 heavy (non-hydrogen) atoms. The summed E-state index contributed by atoms with van der Waals surface area (Å²) in [6.45, 7) is 8.31. The smallest absolute Gasteiger partial charge is 0.126 e. The molecule has 0 aliphatic carbocycles. The molecule has 0 aromatic heterocycles. The third-order valence-corrected chi connectivity index (χ3v) is 2.83. The Morgan fingerprint density at radius 3 is 2.29 bits per heavy atom. The summed E-state index contributed by atoms with van der Waals surface area (Å²) < 4.78 is 13.6. The van der Waals surface area contributed by atoms with Crippen molar-refractivity contribution in [3.63, 3.8) is 0 Å². The Hall–Kier alpha value is -0.850. The van der Waals surface area contributed by atoms with Crippen molar-refractivity contribution >= 4 is 0 Å². The van der Waals surface area contributed by atoms with Gasteiger partial charge in [-0.15, -0.1) is 0 Å². The molecule has 1 rings (SSSR count). The van der Waals surface area contributed by atoms with E-state index in [2.05, 4.69) is 27.7 Å². The van der Waals surface area contributed by atoms with Crippen LogP contribution < -0.4 is 0 Å². The van der Waals surface area contributed by atoms with Crippen LogP contribution in [0.15, 0.2) is 18.2 Å². The van der Waals surface area contributed by atoms with Crippen LogP contribution >= 0.6 is 0 Å². The van der Waals surface area contributed by atoms with Gasteiger partial charge in [0.15, 0.2) is 0 Å². The Kier molecular flexibility index (Phi) is 3.68. The fraction of sp³-hybridized carbons (Fsp3) is 0.538. The van der Waals surface area contributed by atoms with E-state index in [-0.39, 0.29) is 5.82 Å². The van der Waals surface area contributed by atoms with Gasteiger partial charge in [0.05, 0.1) is 0 Å². The van der Waals surface area contributed by atoms with Crippen LogP contribution in [0.25, 0.3) is 0 Å². The van der Waals surface area contributed by atoms with Gasteiger partial charge in [0.1, 0.15) is 5.82 Å². The zero-order valence-corrected chi connectivity index (χ0v) is 9.47. The SMILES string of the molecule is CCC(C)c1ccc(C(C)C)cc1F. The van der Waals surface area contributed by atoms with E-state index >= 15 is 0 Å². The van der Waals surface area contributed by atoms with E-state index in [1.165, 1.54) is 0 Å². The third-order valence-electron chi connectivity index (χ3n) is 2.83. The van der Waals surface area contributed by atoms with Crippen LogP contribution in [0.5, 0.6) is 0 Å². The van der Waals surface area contributed by atoms with E-state index in [1.54, 1.807) is 6.07 Å². The Morgan fingerprint density at radius 2 is 1.86 bits per heavy atom. The first-order chi connectivity index (χ1) is 6.56. The molecule has 0 radical (unpaired) electrons. The summed E-state index contributed by atoms with van der Waals surface area (Å²) in [5.74, 6) is 0.664. The largest absolute Gasteiger partial charge is 0.207 e. The molecule has 1 aromatic rings. The van der Waals surface area contributed by atoms with Crippen LogP contribution in [-0.2, 0) is 0 Å². The number of benzene rings is 1. The van der Waals surface area contributed by atoms with Gasteiger partial charge in [-0.25, -0.2) is 4.39 Å². The molecule has 78 valence electrons. The standard InChI is InChI=1S/C13H19F/c1-5-10(4)12-7-6-11(9(2)3)8-13(12)14/h6-10H,5H2,1-4H3. The zero-order chi connectivity index (χ0) is 10.7. The maximum absolute atomic E-state index is 13.6. The zero-order valence-electron chi connectivity index (χ0n) is 9.47. The van der Waals surface area contributed by atoms with Gasteiger partial charge in [-0.2, -0.15) is 0 Å². The summed E-state index contributed by atoms with van der Waals surface area (Å²) in [7, 11) is 0. The fourth-order valence-corrected chi connectivity index (χ4v) is 1.52. The highest BCUT2D eigenvalue weighted by Gasteiger charge is 2.10. The molecule has 1 aromatic carbocycles. The van der Waals surface area contributed by atoms with E-state index in [0.717, 1.165) is 17.5 Å². The van der Waals surface area contributed by atoms with Crippen molar-refractivity contribution in [1.82, 2.24) is 0 Å². The van der Waals surface area contributed by atoms with Crippen LogP contribution in [0.3, 0.4) is 0 Å². The minimum Gasteiger partial charge on any atom is -0.207 e.